The molecule has 1 aliphatic rings. The Morgan fingerprint density at radius 3 is 2.52 bits per heavy atom. The second-order valence-electron chi connectivity index (χ2n) is 6.09. The van der Waals surface area contributed by atoms with Gasteiger partial charge in [0.1, 0.15) is 6.54 Å². The zero-order chi connectivity index (χ0) is 20.0. The van der Waals surface area contributed by atoms with Crippen molar-refractivity contribution in [1.29, 1.82) is 0 Å². The number of sulfonamides is 1. The summed E-state index contributed by atoms with van der Waals surface area (Å²) in [6, 6.07) is 5.31. The summed E-state index contributed by atoms with van der Waals surface area (Å²) >= 11 is 0. The highest BCUT2D eigenvalue weighted by Gasteiger charge is 2.23. The summed E-state index contributed by atoms with van der Waals surface area (Å²) in [6.45, 7) is 3.40. The molecule has 1 N–H and O–H groups in total. The lowest BCUT2D eigenvalue weighted by Gasteiger charge is -2.30. The van der Waals surface area contributed by atoms with E-state index in [1.165, 1.54) is 36.1 Å². The van der Waals surface area contributed by atoms with E-state index in [1.807, 2.05) is 6.92 Å². The van der Waals surface area contributed by atoms with E-state index >= 15 is 0 Å². The lowest BCUT2D eigenvalue weighted by Crippen LogP contribution is -2.46. The molecule has 0 saturated carbocycles. The summed E-state index contributed by atoms with van der Waals surface area (Å²) in [6.07, 6.45) is -0.0837. The van der Waals surface area contributed by atoms with Crippen molar-refractivity contribution in [1.82, 2.24) is 9.62 Å². The normalized spacial score (nSPS) is 17.4. The van der Waals surface area contributed by atoms with E-state index in [-0.39, 0.29) is 22.7 Å². The first-order valence-corrected chi connectivity index (χ1v) is 9.83. The van der Waals surface area contributed by atoms with Gasteiger partial charge in [-0.05, 0) is 26.0 Å². The molecule has 1 aromatic rings. The molecule has 0 radical (unpaired) electrons. The molecule has 1 saturated heterocycles. The monoisotopic (exact) mass is 398 g/mol. The molecule has 0 aliphatic carbocycles. The van der Waals surface area contributed by atoms with Crippen LogP contribution >= 0.6 is 0 Å². The molecule has 1 aliphatic heterocycles. The predicted octanol–water partition coefficient (Wildman–Crippen LogP) is -0.0420. The minimum Gasteiger partial charge on any atom is -0.455 e. The zero-order valence-electron chi connectivity index (χ0n) is 15.1. The number of rotatable bonds is 7. The molecule has 1 heterocycles. The summed E-state index contributed by atoms with van der Waals surface area (Å²) in [4.78, 5) is 36.4. The lowest BCUT2D eigenvalue weighted by atomic mass is 10.2. The van der Waals surface area contributed by atoms with Gasteiger partial charge in [0.05, 0.1) is 17.6 Å². The van der Waals surface area contributed by atoms with Crippen LogP contribution in [0.1, 0.15) is 24.2 Å². The van der Waals surface area contributed by atoms with Gasteiger partial charge in [0.15, 0.2) is 12.4 Å². The van der Waals surface area contributed by atoms with Gasteiger partial charge in [-0.15, -0.1) is 0 Å². The number of carbonyl (C=O) groups is 3. The number of esters is 1. The largest absolute Gasteiger partial charge is 0.455 e. The standard InChI is InChI=1S/C17H22N2O7S/c1-12-10-19(7-8-25-12)16(21)11-26-17(22)9-18-27(23,24)15-5-3-14(4-6-15)13(2)20/h3-6,12,18H,7-11H2,1-2H3. The number of hydrogen-bond donors (Lipinski definition) is 1. The molecule has 1 atom stereocenters. The maximum atomic E-state index is 12.1. The first-order valence-electron chi connectivity index (χ1n) is 8.34. The number of hydrogen-bond acceptors (Lipinski definition) is 7. The fraction of sp³-hybridized carbons (Fsp3) is 0.471. The second kappa shape index (κ2) is 9.07. The van der Waals surface area contributed by atoms with Gasteiger partial charge in [0.2, 0.25) is 10.0 Å². The topological polar surface area (TPSA) is 119 Å². The Kier molecular flexibility index (Phi) is 7.05. The lowest BCUT2D eigenvalue weighted by molar-refractivity contribution is -0.154. The molecular weight excluding hydrogens is 376 g/mol. The van der Waals surface area contributed by atoms with E-state index in [2.05, 4.69) is 4.72 Å². The van der Waals surface area contributed by atoms with Crippen molar-refractivity contribution in [2.75, 3.05) is 32.8 Å². The van der Waals surface area contributed by atoms with Crippen LogP contribution in [0.3, 0.4) is 0 Å². The summed E-state index contributed by atoms with van der Waals surface area (Å²) in [5, 5.41) is 0. The number of carbonyl (C=O) groups excluding carboxylic acids is 3. The van der Waals surface area contributed by atoms with Gasteiger partial charge in [-0.25, -0.2) is 8.42 Å². The zero-order valence-corrected chi connectivity index (χ0v) is 16.0. The van der Waals surface area contributed by atoms with Crippen molar-refractivity contribution >= 4 is 27.7 Å². The highest BCUT2D eigenvalue weighted by molar-refractivity contribution is 7.89. The average Bonchev–Trinajstić information content (AvgIpc) is 2.64. The Balaban J connectivity index is 1.81. The van der Waals surface area contributed by atoms with Crippen molar-refractivity contribution < 1.29 is 32.3 Å². The third-order valence-electron chi connectivity index (χ3n) is 3.93. The van der Waals surface area contributed by atoms with Gasteiger partial charge in [0.25, 0.3) is 5.91 Å². The number of ketones is 1. The maximum absolute atomic E-state index is 12.1. The minimum atomic E-state index is -3.94. The van der Waals surface area contributed by atoms with Crippen LogP contribution < -0.4 is 4.72 Å². The molecular formula is C17H22N2O7S. The molecule has 148 valence electrons. The number of amides is 1. The molecule has 10 heteroatoms. The molecule has 9 nitrogen and oxygen atoms in total. The molecule has 27 heavy (non-hydrogen) atoms. The first kappa shape index (κ1) is 21.0. The molecule has 1 unspecified atom stereocenters. The Morgan fingerprint density at radius 2 is 1.93 bits per heavy atom. The van der Waals surface area contributed by atoms with Crippen molar-refractivity contribution in [2.45, 2.75) is 24.8 Å². The highest BCUT2D eigenvalue weighted by atomic mass is 32.2. The third kappa shape index (κ3) is 6.12. The number of nitrogens with zero attached hydrogens (tertiary/aromatic N) is 1. The first-order chi connectivity index (χ1) is 12.7. The number of Topliss-reactive ketones (excluding diaryl/α,β-unsaturated/α-hetero) is 1. The van der Waals surface area contributed by atoms with Gasteiger partial charge in [-0.1, -0.05) is 12.1 Å². The Morgan fingerprint density at radius 1 is 1.26 bits per heavy atom. The predicted molar refractivity (Wildman–Crippen MR) is 94.6 cm³/mol. The summed E-state index contributed by atoms with van der Waals surface area (Å²) < 4.78 is 36.6. The van der Waals surface area contributed by atoms with Crippen LogP contribution in [-0.4, -0.2) is 69.9 Å². The van der Waals surface area contributed by atoms with E-state index in [9.17, 15) is 22.8 Å². The van der Waals surface area contributed by atoms with Crippen LogP contribution in [0.25, 0.3) is 0 Å². The molecule has 1 amide bonds. The Bertz CT molecular complexity index is 805. The maximum Gasteiger partial charge on any atom is 0.321 e. The number of benzene rings is 1. The molecule has 1 fully saturated rings. The van der Waals surface area contributed by atoms with Gasteiger partial charge in [0, 0.05) is 18.7 Å². The van der Waals surface area contributed by atoms with Crippen molar-refractivity contribution in [3.63, 3.8) is 0 Å². The minimum absolute atomic E-state index is 0.0837. The summed E-state index contributed by atoms with van der Waals surface area (Å²) in [5.74, 6) is -1.41. The fourth-order valence-electron chi connectivity index (χ4n) is 2.44. The van der Waals surface area contributed by atoms with E-state index in [0.29, 0.717) is 25.3 Å². The molecule has 2 rings (SSSR count). The third-order valence-corrected chi connectivity index (χ3v) is 5.35. The highest BCUT2D eigenvalue weighted by Crippen LogP contribution is 2.11. The number of nitrogens with one attached hydrogen (secondary N) is 1. The van der Waals surface area contributed by atoms with E-state index in [0.717, 1.165) is 0 Å². The summed E-state index contributed by atoms with van der Waals surface area (Å²) in [5.41, 5.74) is 0.379. The van der Waals surface area contributed by atoms with Crippen LogP contribution in [0.5, 0.6) is 0 Å². The molecule has 0 spiro atoms. The number of ether oxygens (including phenoxy) is 2. The van der Waals surface area contributed by atoms with E-state index < -0.39 is 29.1 Å². The van der Waals surface area contributed by atoms with Crippen LogP contribution in [0.2, 0.25) is 0 Å². The van der Waals surface area contributed by atoms with E-state index in [4.69, 9.17) is 9.47 Å². The Hall–Kier alpha value is -2.30. The smallest absolute Gasteiger partial charge is 0.321 e. The van der Waals surface area contributed by atoms with Crippen molar-refractivity contribution in [2.24, 2.45) is 0 Å². The van der Waals surface area contributed by atoms with Crippen LogP contribution in [0, 0.1) is 0 Å². The van der Waals surface area contributed by atoms with Gasteiger partial charge in [-0.3, -0.25) is 14.4 Å². The molecule has 0 aromatic heterocycles. The van der Waals surface area contributed by atoms with Gasteiger partial charge >= 0.3 is 5.97 Å². The van der Waals surface area contributed by atoms with E-state index in [1.54, 1.807) is 0 Å². The van der Waals surface area contributed by atoms with Gasteiger partial charge in [-0.2, -0.15) is 4.72 Å². The fourth-order valence-corrected chi connectivity index (χ4v) is 3.40. The van der Waals surface area contributed by atoms with Crippen LogP contribution in [0.15, 0.2) is 29.2 Å². The van der Waals surface area contributed by atoms with Crippen LogP contribution in [-0.2, 0) is 29.1 Å². The average molecular weight is 398 g/mol. The van der Waals surface area contributed by atoms with Gasteiger partial charge < -0.3 is 14.4 Å². The van der Waals surface area contributed by atoms with Crippen LogP contribution in [0.4, 0.5) is 0 Å². The Labute approximate surface area is 157 Å². The second-order valence-corrected chi connectivity index (χ2v) is 7.85. The quantitative estimate of drug-likeness (QED) is 0.505. The molecule has 0 bridgehead atoms. The molecule has 1 aromatic carbocycles. The van der Waals surface area contributed by atoms with Crippen molar-refractivity contribution in [3.8, 4) is 0 Å². The SMILES string of the molecule is CC(=O)c1ccc(S(=O)(=O)NCC(=O)OCC(=O)N2CCOC(C)C2)cc1. The van der Waals surface area contributed by atoms with Crippen molar-refractivity contribution in [3.05, 3.63) is 29.8 Å². The number of morpholine rings is 1. The summed E-state index contributed by atoms with van der Waals surface area (Å²) in [7, 11) is -3.94.